The molecule has 0 saturated carbocycles. The number of hydrogen-bond acceptors (Lipinski definition) is 4. The van der Waals surface area contributed by atoms with Crippen LogP contribution in [-0.2, 0) is 11.2 Å². The molecular formula is C13H11NO2S2. The third-order valence-corrected chi connectivity index (χ3v) is 4.54. The standard InChI is InChI=1S/C13H11NO2S2/c15-13(16)9-10-5-1-2-6-11(10)17-18-12-7-3-4-8-14-12/h1-8H,9H2,(H,15,16). The molecule has 0 spiro atoms. The van der Waals surface area contributed by atoms with Gasteiger partial charge in [-0.2, -0.15) is 0 Å². The van der Waals surface area contributed by atoms with Gasteiger partial charge in [0.1, 0.15) is 5.03 Å². The van der Waals surface area contributed by atoms with Crippen molar-refractivity contribution in [2.75, 3.05) is 0 Å². The van der Waals surface area contributed by atoms with Gasteiger partial charge >= 0.3 is 5.97 Å². The van der Waals surface area contributed by atoms with Gasteiger partial charge in [-0.15, -0.1) is 0 Å². The highest BCUT2D eigenvalue weighted by Crippen LogP contribution is 2.37. The van der Waals surface area contributed by atoms with E-state index in [0.717, 1.165) is 15.5 Å². The van der Waals surface area contributed by atoms with Crippen LogP contribution in [0.15, 0.2) is 58.6 Å². The average molecular weight is 277 g/mol. The van der Waals surface area contributed by atoms with Crippen LogP contribution in [0.2, 0.25) is 0 Å². The molecule has 0 atom stereocenters. The number of aromatic nitrogens is 1. The van der Waals surface area contributed by atoms with Crippen LogP contribution in [0.5, 0.6) is 0 Å². The van der Waals surface area contributed by atoms with Crippen molar-refractivity contribution in [3.8, 4) is 0 Å². The van der Waals surface area contributed by atoms with Crippen molar-refractivity contribution >= 4 is 27.6 Å². The lowest BCUT2D eigenvalue weighted by Crippen LogP contribution is -2.00. The lowest BCUT2D eigenvalue weighted by Gasteiger charge is -2.05. The molecule has 1 N–H and O–H groups in total. The predicted octanol–water partition coefficient (Wildman–Crippen LogP) is 3.51. The van der Waals surface area contributed by atoms with E-state index in [4.69, 9.17) is 5.11 Å². The average Bonchev–Trinajstić information content (AvgIpc) is 2.38. The summed E-state index contributed by atoms with van der Waals surface area (Å²) >= 11 is 0. The maximum atomic E-state index is 10.8. The summed E-state index contributed by atoms with van der Waals surface area (Å²) in [6.45, 7) is 0. The van der Waals surface area contributed by atoms with E-state index in [1.54, 1.807) is 6.20 Å². The molecule has 92 valence electrons. The van der Waals surface area contributed by atoms with Gasteiger partial charge in [-0.3, -0.25) is 4.79 Å². The zero-order valence-electron chi connectivity index (χ0n) is 9.45. The van der Waals surface area contributed by atoms with E-state index in [1.807, 2.05) is 42.5 Å². The second-order valence-corrected chi connectivity index (χ2v) is 5.70. The molecule has 0 aliphatic rings. The minimum Gasteiger partial charge on any atom is -0.481 e. The van der Waals surface area contributed by atoms with Crippen molar-refractivity contribution in [1.82, 2.24) is 4.98 Å². The molecule has 0 aliphatic carbocycles. The van der Waals surface area contributed by atoms with Crippen LogP contribution in [0, 0.1) is 0 Å². The molecule has 0 fully saturated rings. The highest BCUT2D eigenvalue weighted by Gasteiger charge is 2.07. The Morgan fingerprint density at radius 1 is 1.11 bits per heavy atom. The molecule has 0 saturated heterocycles. The van der Waals surface area contributed by atoms with Crippen LogP contribution in [0.4, 0.5) is 0 Å². The maximum absolute atomic E-state index is 10.8. The fourth-order valence-corrected chi connectivity index (χ4v) is 3.48. The van der Waals surface area contributed by atoms with E-state index in [9.17, 15) is 4.79 Å². The van der Waals surface area contributed by atoms with Crippen molar-refractivity contribution in [3.63, 3.8) is 0 Å². The number of carboxylic acid groups (broad SMARTS) is 1. The zero-order valence-corrected chi connectivity index (χ0v) is 11.1. The zero-order chi connectivity index (χ0) is 12.8. The smallest absolute Gasteiger partial charge is 0.307 e. The first-order valence-corrected chi connectivity index (χ1v) is 7.46. The minimum atomic E-state index is -0.814. The first kappa shape index (κ1) is 13.0. The first-order valence-electron chi connectivity index (χ1n) is 5.31. The molecule has 18 heavy (non-hydrogen) atoms. The second kappa shape index (κ2) is 6.47. The fourth-order valence-electron chi connectivity index (χ4n) is 1.38. The van der Waals surface area contributed by atoms with Crippen molar-refractivity contribution in [2.24, 2.45) is 0 Å². The SMILES string of the molecule is O=C(O)Cc1ccccc1SSc1ccccn1. The molecule has 0 aliphatic heterocycles. The minimum absolute atomic E-state index is 0.0476. The van der Waals surface area contributed by atoms with Gasteiger partial charge in [0.05, 0.1) is 6.42 Å². The van der Waals surface area contributed by atoms with Gasteiger partial charge in [-0.25, -0.2) is 4.98 Å². The summed E-state index contributed by atoms with van der Waals surface area (Å²) in [7, 11) is 3.06. The summed E-state index contributed by atoms with van der Waals surface area (Å²) in [5.74, 6) is -0.814. The van der Waals surface area contributed by atoms with Crippen molar-refractivity contribution in [2.45, 2.75) is 16.3 Å². The molecule has 1 aromatic carbocycles. The Balaban J connectivity index is 2.07. The van der Waals surface area contributed by atoms with Crippen LogP contribution >= 0.6 is 21.6 Å². The van der Waals surface area contributed by atoms with E-state index < -0.39 is 5.97 Å². The lowest BCUT2D eigenvalue weighted by atomic mass is 10.1. The molecule has 0 amide bonds. The summed E-state index contributed by atoms with van der Waals surface area (Å²) in [6.07, 6.45) is 1.79. The van der Waals surface area contributed by atoms with E-state index >= 15 is 0 Å². The van der Waals surface area contributed by atoms with Crippen LogP contribution in [0.25, 0.3) is 0 Å². The molecule has 0 bridgehead atoms. The maximum Gasteiger partial charge on any atom is 0.307 e. The Bertz CT molecular complexity index is 532. The van der Waals surface area contributed by atoms with Gasteiger partial charge in [-0.05, 0) is 34.6 Å². The number of rotatable bonds is 5. The number of carboxylic acids is 1. The van der Waals surface area contributed by atoms with Gasteiger partial charge < -0.3 is 5.11 Å². The van der Waals surface area contributed by atoms with Gasteiger partial charge in [0.15, 0.2) is 0 Å². The second-order valence-electron chi connectivity index (χ2n) is 3.51. The number of hydrogen-bond donors (Lipinski definition) is 1. The van der Waals surface area contributed by atoms with E-state index in [0.29, 0.717) is 0 Å². The third kappa shape index (κ3) is 3.78. The predicted molar refractivity (Wildman–Crippen MR) is 73.7 cm³/mol. The van der Waals surface area contributed by atoms with Gasteiger partial charge in [0.25, 0.3) is 0 Å². The van der Waals surface area contributed by atoms with E-state index in [-0.39, 0.29) is 6.42 Å². The van der Waals surface area contributed by atoms with Gasteiger partial charge in [0, 0.05) is 11.1 Å². The van der Waals surface area contributed by atoms with Crippen LogP contribution in [0.1, 0.15) is 5.56 Å². The van der Waals surface area contributed by atoms with Crippen LogP contribution in [0.3, 0.4) is 0 Å². The summed E-state index contributed by atoms with van der Waals surface area (Å²) in [5.41, 5.74) is 0.832. The molecule has 2 aromatic rings. The third-order valence-electron chi connectivity index (χ3n) is 2.17. The highest BCUT2D eigenvalue weighted by atomic mass is 33.1. The molecule has 1 aromatic heterocycles. The van der Waals surface area contributed by atoms with E-state index in [1.165, 1.54) is 21.6 Å². The number of carbonyl (C=O) groups is 1. The molecular weight excluding hydrogens is 266 g/mol. The first-order chi connectivity index (χ1) is 8.75. The topological polar surface area (TPSA) is 50.2 Å². The fraction of sp³-hybridized carbons (Fsp3) is 0.0769. The Morgan fingerprint density at radius 2 is 1.89 bits per heavy atom. The van der Waals surface area contributed by atoms with Gasteiger partial charge in [-0.1, -0.05) is 35.1 Å². The molecule has 1 heterocycles. The normalized spacial score (nSPS) is 10.2. The largest absolute Gasteiger partial charge is 0.481 e. The van der Waals surface area contributed by atoms with Crippen molar-refractivity contribution in [3.05, 3.63) is 54.2 Å². The number of benzene rings is 1. The number of pyridine rings is 1. The van der Waals surface area contributed by atoms with Crippen molar-refractivity contribution < 1.29 is 9.90 Å². The van der Waals surface area contributed by atoms with Crippen LogP contribution in [-0.4, -0.2) is 16.1 Å². The number of nitrogens with zero attached hydrogens (tertiary/aromatic N) is 1. The monoisotopic (exact) mass is 277 g/mol. The molecule has 5 heteroatoms. The Morgan fingerprint density at radius 3 is 2.61 bits per heavy atom. The summed E-state index contributed by atoms with van der Waals surface area (Å²) in [4.78, 5) is 15.9. The molecule has 0 unspecified atom stereocenters. The summed E-state index contributed by atoms with van der Waals surface area (Å²) in [5, 5.41) is 9.76. The van der Waals surface area contributed by atoms with E-state index in [2.05, 4.69) is 4.98 Å². The Hall–Kier alpha value is -1.46. The number of aliphatic carboxylic acids is 1. The highest BCUT2D eigenvalue weighted by molar-refractivity contribution is 8.76. The summed E-state index contributed by atoms with van der Waals surface area (Å²) in [6, 6.07) is 13.3. The summed E-state index contributed by atoms with van der Waals surface area (Å²) < 4.78 is 0. The van der Waals surface area contributed by atoms with Gasteiger partial charge in [0.2, 0.25) is 0 Å². The molecule has 0 radical (unpaired) electrons. The van der Waals surface area contributed by atoms with Crippen LogP contribution < -0.4 is 0 Å². The Labute approximate surface area is 113 Å². The molecule has 3 nitrogen and oxygen atoms in total. The quantitative estimate of drug-likeness (QED) is 0.848. The van der Waals surface area contributed by atoms with Crippen molar-refractivity contribution in [1.29, 1.82) is 0 Å². The Kier molecular flexibility index (Phi) is 4.66. The molecule has 2 rings (SSSR count). The lowest BCUT2D eigenvalue weighted by molar-refractivity contribution is -0.136.